The first-order valence-corrected chi connectivity index (χ1v) is 5.83. The van der Waals surface area contributed by atoms with Crippen molar-refractivity contribution in [1.82, 2.24) is 0 Å². The van der Waals surface area contributed by atoms with Gasteiger partial charge in [0, 0.05) is 5.39 Å². The zero-order valence-electron chi connectivity index (χ0n) is 9.77. The largest absolute Gasteiger partial charge is 0.496 e. The Morgan fingerprint density at radius 3 is 2.47 bits per heavy atom. The lowest BCUT2D eigenvalue weighted by atomic mass is 9.91. The van der Waals surface area contributed by atoms with Gasteiger partial charge in [-0.15, -0.1) is 0 Å². The van der Waals surface area contributed by atoms with Gasteiger partial charge < -0.3 is 9.53 Å². The summed E-state index contributed by atoms with van der Waals surface area (Å²) in [5.41, 5.74) is 0.858. The van der Waals surface area contributed by atoms with Gasteiger partial charge in [-0.25, -0.2) is 0 Å². The molecule has 0 radical (unpaired) electrons. The Morgan fingerprint density at radius 1 is 1.18 bits per heavy atom. The molecule has 0 N–H and O–H groups in total. The van der Waals surface area contributed by atoms with Crippen LogP contribution in [0.3, 0.4) is 0 Å². The maximum absolute atomic E-state index is 11.3. The number of carbonyl (C=O) groups is 1. The molecule has 0 unspecified atom stereocenters. The maximum atomic E-state index is 11.3. The molecule has 0 atom stereocenters. The zero-order valence-corrected chi connectivity index (χ0v) is 9.77. The van der Waals surface area contributed by atoms with Crippen LogP contribution in [0.2, 0.25) is 0 Å². The average Bonchev–Trinajstić information content (AvgIpc) is 3.18. The molecule has 0 heterocycles. The van der Waals surface area contributed by atoms with Gasteiger partial charge in [-0.1, -0.05) is 30.3 Å². The molecule has 2 aromatic rings. The van der Waals surface area contributed by atoms with Crippen molar-refractivity contribution in [3.8, 4) is 5.75 Å². The van der Waals surface area contributed by atoms with E-state index in [4.69, 9.17) is 4.74 Å². The summed E-state index contributed by atoms with van der Waals surface area (Å²) in [5, 5.41) is 2.22. The molecule has 1 saturated carbocycles. The Kier molecular flexibility index (Phi) is 2.18. The number of rotatable bonds is 3. The second-order valence-corrected chi connectivity index (χ2v) is 4.64. The number of ether oxygens (including phenoxy) is 1. The molecule has 0 spiro atoms. The smallest absolute Gasteiger partial charge is 0.130 e. The van der Waals surface area contributed by atoms with E-state index in [2.05, 4.69) is 12.1 Å². The van der Waals surface area contributed by atoms with Gasteiger partial charge >= 0.3 is 0 Å². The van der Waals surface area contributed by atoms with E-state index >= 15 is 0 Å². The van der Waals surface area contributed by atoms with E-state index in [-0.39, 0.29) is 5.41 Å². The van der Waals surface area contributed by atoms with Crippen LogP contribution < -0.4 is 4.74 Å². The second kappa shape index (κ2) is 3.59. The SMILES string of the molecule is COc1cccc2cccc(C3(C=O)CC3)c12. The molecule has 17 heavy (non-hydrogen) atoms. The predicted molar refractivity (Wildman–Crippen MR) is 67.5 cm³/mol. The molecule has 2 heteroatoms. The van der Waals surface area contributed by atoms with Gasteiger partial charge in [-0.2, -0.15) is 0 Å². The third kappa shape index (κ3) is 1.44. The number of benzene rings is 2. The lowest BCUT2D eigenvalue weighted by Gasteiger charge is -2.14. The Hall–Kier alpha value is -1.83. The monoisotopic (exact) mass is 226 g/mol. The maximum Gasteiger partial charge on any atom is 0.130 e. The lowest BCUT2D eigenvalue weighted by molar-refractivity contribution is -0.109. The summed E-state index contributed by atoms with van der Waals surface area (Å²) in [4.78, 5) is 11.3. The van der Waals surface area contributed by atoms with Crippen molar-refractivity contribution in [2.75, 3.05) is 7.11 Å². The van der Waals surface area contributed by atoms with Gasteiger partial charge in [0.25, 0.3) is 0 Å². The Labute approximate surface area is 100 Å². The first kappa shape index (κ1) is 10.3. The van der Waals surface area contributed by atoms with Gasteiger partial charge in [0.1, 0.15) is 12.0 Å². The molecular weight excluding hydrogens is 212 g/mol. The third-order valence-corrected chi connectivity index (χ3v) is 3.64. The number of carbonyl (C=O) groups excluding carboxylic acids is 1. The molecule has 0 saturated heterocycles. The standard InChI is InChI=1S/C15H14O2/c1-17-13-7-3-5-11-4-2-6-12(14(11)13)15(10-16)8-9-15/h2-7,10H,8-9H2,1H3. The lowest BCUT2D eigenvalue weighted by Crippen LogP contribution is -2.08. The number of hydrogen-bond acceptors (Lipinski definition) is 2. The summed E-state index contributed by atoms with van der Waals surface area (Å²) in [6, 6.07) is 12.1. The summed E-state index contributed by atoms with van der Waals surface area (Å²) in [6.07, 6.45) is 3.00. The van der Waals surface area contributed by atoms with Crippen molar-refractivity contribution in [3.63, 3.8) is 0 Å². The minimum atomic E-state index is -0.256. The fraction of sp³-hybridized carbons (Fsp3) is 0.267. The van der Waals surface area contributed by atoms with Crippen LogP contribution in [0.25, 0.3) is 10.8 Å². The predicted octanol–water partition coefficient (Wildman–Crippen LogP) is 3.08. The van der Waals surface area contributed by atoms with Crippen molar-refractivity contribution < 1.29 is 9.53 Å². The van der Waals surface area contributed by atoms with Crippen molar-refractivity contribution >= 4 is 17.1 Å². The van der Waals surface area contributed by atoms with Crippen molar-refractivity contribution in [3.05, 3.63) is 42.0 Å². The van der Waals surface area contributed by atoms with Crippen molar-refractivity contribution in [1.29, 1.82) is 0 Å². The number of fused-ring (bicyclic) bond motifs is 1. The summed E-state index contributed by atoms with van der Waals surface area (Å²) < 4.78 is 5.42. The highest BCUT2D eigenvalue weighted by Gasteiger charge is 2.45. The highest BCUT2D eigenvalue weighted by atomic mass is 16.5. The van der Waals surface area contributed by atoms with E-state index in [9.17, 15) is 4.79 Å². The molecule has 3 rings (SSSR count). The van der Waals surface area contributed by atoms with Crippen LogP contribution in [-0.4, -0.2) is 13.4 Å². The van der Waals surface area contributed by atoms with Gasteiger partial charge in [-0.3, -0.25) is 0 Å². The molecule has 1 fully saturated rings. The fourth-order valence-electron chi connectivity index (χ4n) is 2.48. The average molecular weight is 226 g/mol. The normalized spacial score (nSPS) is 16.8. The van der Waals surface area contributed by atoms with Gasteiger partial charge in [-0.05, 0) is 29.9 Å². The first-order valence-electron chi connectivity index (χ1n) is 5.83. The summed E-state index contributed by atoms with van der Waals surface area (Å²) in [6.45, 7) is 0. The Bertz CT molecular complexity index is 577. The molecule has 0 bridgehead atoms. The van der Waals surface area contributed by atoms with Crippen LogP contribution in [-0.2, 0) is 10.2 Å². The number of aldehydes is 1. The molecule has 1 aliphatic rings. The quantitative estimate of drug-likeness (QED) is 0.752. The molecule has 1 aliphatic carbocycles. The van der Waals surface area contributed by atoms with Crippen LogP contribution in [0.1, 0.15) is 18.4 Å². The van der Waals surface area contributed by atoms with Crippen LogP contribution in [0.15, 0.2) is 36.4 Å². The minimum absolute atomic E-state index is 0.256. The second-order valence-electron chi connectivity index (χ2n) is 4.64. The van der Waals surface area contributed by atoms with Gasteiger partial charge in [0.15, 0.2) is 0 Å². The molecule has 0 aromatic heterocycles. The number of hydrogen-bond donors (Lipinski definition) is 0. The van der Waals surface area contributed by atoms with E-state index in [0.29, 0.717) is 0 Å². The van der Waals surface area contributed by atoms with E-state index in [1.807, 2.05) is 24.3 Å². The topological polar surface area (TPSA) is 26.3 Å². The first-order chi connectivity index (χ1) is 8.30. The highest BCUT2D eigenvalue weighted by molar-refractivity contribution is 5.95. The molecule has 0 aliphatic heterocycles. The van der Waals surface area contributed by atoms with Gasteiger partial charge in [0.05, 0.1) is 12.5 Å². The zero-order chi connectivity index (χ0) is 11.9. The van der Waals surface area contributed by atoms with Crippen LogP contribution in [0.5, 0.6) is 5.75 Å². The van der Waals surface area contributed by atoms with Crippen molar-refractivity contribution in [2.24, 2.45) is 0 Å². The molecular formula is C15H14O2. The Balaban J connectivity index is 2.35. The fourth-order valence-corrected chi connectivity index (χ4v) is 2.48. The van der Waals surface area contributed by atoms with Crippen LogP contribution in [0, 0.1) is 0 Å². The molecule has 2 aromatic carbocycles. The molecule has 2 nitrogen and oxygen atoms in total. The van der Waals surface area contributed by atoms with Crippen molar-refractivity contribution in [2.45, 2.75) is 18.3 Å². The van der Waals surface area contributed by atoms with E-state index in [0.717, 1.165) is 41.2 Å². The Morgan fingerprint density at radius 2 is 1.88 bits per heavy atom. The minimum Gasteiger partial charge on any atom is -0.496 e. The van der Waals surface area contributed by atoms with Gasteiger partial charge in [0.2, 0.25) is 0 Å². The molecule has 0 amide bonds. The van der Waals surface area contributed by atoms with E-state index in [1.165, 1.54) is 0 Å². The summed E-state index contributed by atoms with van der Waals surface area (Å²) >= 11 is 0. The summed E-state index contributed by atoms with van der Waals surface area (Å²) in [7, 11) is 1.67. The number of methoxy groups -OCH3 is 1. The summed E-state index contributed by atoms with van der Waals surface area (Å²) in [5.74, 6) is 0.853. The van der Waals surface area contributed by atoms with E-state index < -0.39 is 0 Å². The highest BCUT2D eigenvalue weighted by Crippen LogP contribution is 2.50. The van der Waals surface area contributed by atoms with E-state index in [1.54, 1.807) is 7.11 Å². The third-order valence-electron chi connectivity index (χ3n) is 3.64. The van der Waals surface area contributed by atoms with Crippen LogP contribution in [0.4, 0.5) is 0 Å². The van der Waals surface area contributed by atoms with Crippen LogP contribution >= 0.6 is 0 Å². The molecule has 86 valence electrons.